The molecule has 0 aromatic rings. The number of rotatable bonds is 7. The molecule has 2 rings (SSSR count). The second-order valence-electron chi connectivity index (χ2n) is 5.91. The van der Waals surface area contributed by atoms with E-state index in [4.69, 9.17) is 9.47 Å². The van der Waals surface area contributed by atoms with Gasteiger partial charge in [-0.25, -0.2) is 0 Å². The quantitative estimate of drug-likeness (QED) is 0.503. The summed E-state index contributed by atoms with van der Waals surface area (Å²) in [6.45, 7) is 6.32. The molecular weight excluding hydrogens is 348 g/mol. The molecule has 0 aromatic carbocycles. The van der Waals surface area contributed by atoms with E-state index in [9.17, 15) is 9.59 Å². The summed E-state index contributed by atoms with van der Waals surface area (Å²) in [5.74, 6) is 0.0472. The molecule has 0 aliphatic carbocycles. The summed E-state index contributed by atoms with van der Waals surface area (Å²) in [4.78, 5) is 25.1. The molecule has 2 aliphatic heterocycles. The van der Waals surface area contributed by atoms with Crippen molar-refractivity contribution in [3.63, 3.8) is 0 Å². The van der Waals surface area contributed by atoms with Crippen molar-refractivity contribution in [1.82, 2.24) is 8.61 Å². The smallest absolute Gasteiger partial charge is 0.262 e. The lowest BCUT2D eigenvalue weighted by atomic mass is 10.2. The van der Waals surface area contributed by atoms with E-state index < -0.39 is 0 Å². The maximum Gasteiger partial charge on any atom is 0.262 e. The molecule has 0 spiro atoms. The molecule has 2 saturated heterocycles. The Balaban J connectivity index is 1.92. The average molecular weight is 377 g/mol. The maximum atomic E-state index is 12.6. The molecule has 2 aliphatic rings. The average Bonchev–Trinajstić information content (AvgIpc) is 2.85. The van der Waals surface area contributed by atoms with Crippen LogP contribution in [0.25, 0.3) is 0 Å². The lowest BCUT2D eigenvalue weighted by molar-refractivity contribution is -0.138. The molecule has 0 radical (unpaired) electrons. The van der Waals surface area contributed by atoms with Crippen molar-refractivity contribution < 1.29 is 19.1 Å². The van der Waals surface area contributed by atoms with Crippen LogP contribution in [0.15, 0.2) is 0 Å². The lowest BCUT2D eigenvalue weighted by Crippen LogP contribution is -2.37. The van der Waals surface area contributed by atoms with Gasteiger partial charge in [-0.3, -0.25) is 18.2 Å². The zero-order valence-electron chi connectivity index (χ0n) is 14.6. The van der Waals surface area contributed by atoms with Crippen LogP contribution < -0.4 is 0 Å². The highest BCUT2D eigenvalue weighted by atomic mass is 33.1. The summed E-state index contributed by atoms with van der Waals surface area (Å²) in [6.07, 6.45) is 4.80. The first-order chi connectivity index (χ1) is 11.7. The second kappa shape index (κ2) is 10.5. The number of hydrogen-bond acceptors (Lipinski definition) is 6. The van der Waals surface area contributed by atoms with E-state index in [0.717, 1.165) is 38.5 Å². The Labute approximate surface area is 152 Å². The van der Waals surface area contributed by atoms with Crippen LogP contribution in [0.5, 0.6) is 0 Å². The van der Waals surface area contributed by atoms with Crippen molar-refractivity contribution >= 4 is 33.8 Å². The molecule has 6 nitrogen and oxygen atoms in total. The van der Waals surface area contributed by atoms with Crippen molar-refractivity contribution in [2.75, 3.05) is 26.3 Å². The molecular formula is C16H28N2O4S2. The molecule has 0 aromatic heterocycles. The van der Waals surface area contributed by atoms with E-state index >= 15 is 0 Å². The Morgan fingerprint density at radius 1 is 0.833 bits per heavy atom. The van der Waals surface area contributed by atoms with Crippen molar-refractivity contribution in [1.29, 1.82) is 0 Å². The van der Waals surface area contributed by atoms with Gasteiger partial charge in [0.1, 0.15) is 12.2 Å². The third kappa shape index (κ3) is 5.54. The predicted octanol–water partition coefficient (Wildman–Crippen LogP) is 3.03. The third-order valence-electron chi connectivity index (χ3n) is 4.15. The Morgan fingerprint density at radius 3 is 1.62 bits per heavy atom. The van der Waals surface area contributed by atoms with Crippen LogP contribution in [-0.2, 0) is 19.1 Å². The molecule has 2 unspecified atom stereocenters. The fourth-order valence-corrected chi connectivity index (χ4v) is 5.22. The highest BCUT2D eigenvalue weighted by Crippen LogP contribution is 2.35. The lowest BCUT2D eigenvalue weighted by Gasteiger charge is -2.26. The van der Waals surface area contributed by atoms with E-state index in [2.05, 4.69) is 0 Å². The number of amides is 2. The van der Waals surface area contributed by atoms with Crippen LogP contribution in [0.2, 0.25) is 0 Å². The standard InChI is InChI=1S/C16H28N2O4S2/c1-3-21-13-9-5-7-11-17(15(13)19)23-24-18-12-8-6-10-14(16(18)20)22-4-2/h13-14H,3-12H2,1-2H3. The van der Waals surface area contributed by atoms with Crippen LogP contribution in [0.4, 0.5) is 0 Å². The van der Waals surface area contributed by atoms with Crippen LogP contribution >= 0.6 is 22.0 Å². The first-order valence-electron chi connectivity index (χ1n) is 8.88. The fraction of sp³-hybridized carbons (Fsp3) is 0.875. The minimum Gasteiger partial charge on any atom is -0.369 e. The van der Waals surface area contributed by atoms with Crippen molar-refractivity contribution in [2.45, 2.75) is 64.6 Å². The van der Waals surface area contributed by atoms with Gasteiger partial charge in [0.25, 0.3) is 11.8 Å². The molecule has 138 valence electrons. The molecule has 2 atom stereocenters. The zero-order valence-corrected chi connectivity index (χ0v) is 16.2. The molecule has 2 amide bonds. The minimum atomic E-state index is -0.346. The maximum absolute atomic E-state index is 12.6. The second-order valence-corrected chi connectivity index (χ2v) is 7.98. The molecule has 24 heavy (non-hydrogen) atoms. The number of hydrogen-bond donors (Lipinski definition) is 0. The van der Waals surface area contributed by atoms with Gasteiger partial charge in [-0.05, 0) is 52.4 Å². The summed E-state index contributed by atoms with van der Waals surface area (Å²) in [5.41, 5.74) is 0. The first kappa shape index (κ1) is 19.9. The topological polar surface area (TPSA) is 59.1 Å². The normalized spacial score (nSPS) is 26.4. The largest absolute Gasteiger partial charge is 0.369 e. The van der Waals surface area contributed by atoms with Crippen LogP contribution in [0.3, 0.4) is 0 Å². The van der Waals surface area contributed by atoms with E-state index in [1.807, 2.05) is 13.8 Å². The van der Waals surface area contributed by atoms with Gasteiger partial charge in [0.05, 0.1) is 0 Å². The van der Waals surface area contributed by atoms with Gasteiger partial charge in [-0.15, -0.1) is 0 Å². The predicted molar refractivity (Wildman–Crippen MR) is 97.1 cm³/mol. The molecule has 0 bridgehead atoms. The Kier molecular flexibility index (Phi) is 8.72. The number of carbonyl (C=O) groups is 2. The molecule has 0 saturated carbocycles. The summed E-state index contributed by atoms with van der Waals surface area (Å²) >= 11 is 0. The molecule has 2 fully saturated rings. The highest BCUT2D eigenvalue weighted by molar-refractivity contribution is 8.75. The van der Waals surface area contributed by atoms with Gasteiger partial charge >= 0.3 is 0 Å². The monoisotopic (exact) mass is 376 g/mol. The van der Waals surface area contributed by atoms with Gasteiger partial charge in [-0.1, -0.05) is 0 Å². The highest BCUT2D eigenvalue weighted by Gasteiger charge is 2.32. The Hall–Kier alpha value is -0.440. The summed E-state index contributed by atoms with van der Waals surface area (Å²) in [5, 5.41) is 0. The SMILES string of the molecule is CCOC1CCCCN(SSN2CCCCC(OCC)C2=O)C1=O. The van der Waals surface area contributed by atoms with E-state index in [1.54, 1.807) is 8.61 Å². The van der Waals surface area contributed by atoms with Crippen LogP contribution in [0, 0.1) is 0 Å². The Morgan fingerprint density at radius 2 is 1.25 bits per heavy atom. The van der Waals surface area contributed by atoms with Crippen molar-refractivity contribution in [3.05, 3.63) is 0 Å². The third-order valence-corrected chi connectivity index (χ3v) is 6.58. The first-order valence-corrected chi connectivity index (χ1v) is 10.9. The van der Waals surface area contributed by atoms with E-state index in [0.29, 0.717) is 26.3 Å². The fourth-order valence-electron chi connectivity index (χ4n) is 2.90. The summed E-state index contributed by atoms with van der Waals surface area (Å²) in [6, 6.07) is 0. The molecule has 0 N–H and O–H groups in total. The summed E-state index contributed by atoms with van der Waals surface area (Å²) < 4.78 is 14.7. The number of nitrogens with zero attached hydrogens (tertiary/aromatic N) is 2. The van der Waals surface area contributed by atoms with Crippen molar-refractivity contribution in [2.24, 2.45) is 0 Å². The number of ether oxygens (including phenoxy) is 2. The van der Waals surface area contributed by atoms with Gasteiger partial charge < -0.3 is 9.47 Å². The molecule has 8 heteroatoms. The Bertz CT molecular complexity index is 387. The van der Waals surface area contributed by atoms with Crippen molar-refractivity contribution in [3.8, 4) is 0 Å². The van der Waals surface area contributed by atoms with Gasteiger partial charge in [0.2, 0.25) is 0 Å². The van der Waals surface area contributed by atoms with E-state index in [1.165, 1.54) is 22.0 Å². The molecule has 2 heterocycles. The van der Waals surface area contributed by atoms with Crippen LogP contribution in [0.1, 0.15) is 52.4 Å². The zero-order chi connectivity index (χ0) is 17.4. The van der Waals surface area contributed by atoms with Gasteiger partial charge in [0.15, 0.2) is 0 Å². The van der Waals surface area contributed by atoms with Crippen LogP contribution in [-0.4, -0.2) is 58.9 Å². The van der Waals surface area contributed by atoms with Gasteiger partial charge in [0, 0.05) is 48.3 Å². The number of carbonyl (C=O) groups excluding carboxylic acids is 2. The van der Waals surface area contributed by atoms with E-state index in [-0.39, 0.29) is 24.0 Å². The minimum absolute atomic E-state index is 0.0236. The van der Waals surface area contributed by atoms with Gasteiger partial charge in [-0.2, -0.15) is 0 Å². The summed E-state index contributed by atoms with van der Waals surface area (Å²) in [7, 11) is 2.72.